The molecule has 0 unspecified atom stereocenters. The lowest BCUT2D eigenvalue weighted by atomic mass is 10.1. The average Bonchev–Trinajstić information content (AvgIpc) is 2.82. The van der Waals surface area contributed by atoms with Gasteiger partial charge in [-0.3, -0.25) is 4.79 Å². The first-order chi connectivity index (χ1) is 9.19. The quantitative estimate of drug-likeness (QED) is 0.716. The van der Waals surface area contributed by atoms with E-state index < -0.39 is 0 Å². The van der Waals surface area contributed by atoms with Crippen molar-refractivity contribution in [3.63, 3.8) is 0 Å². The second kappa shape index (κ2) is 4.28. The van der Waals surface area contributed by atoms with Crippen LogP contribution in [0.3, 0.4) is 0 Å². The largest absolute Gasteiger partial charge is 0.345 e. The fourth-order valence-electron chi connectivity index (χ4n) is 2.09. The van der Waals surface area contributed by atoms with Crippen LogP contribution in [-0.2, 0) is 0 Å². The number of aryl methyl sites for hydroxylation is 1. The van der Waals surface area contributed by atoms with Crippen molar-refractivity contribution in [2.75, 3.05) is 0 Å². The zero-order valence-corrected chi connectivity index (χ0v) is 10.1. The van der Waals surface area contributed by atoms with E-state index in [1.54, 1.807) is 25.3 Å². The number of benzene rings is 1. The fraction of sp³-hybridized carbons (Fsp3) is 0.0714. The molecule has 0 saturated carbocycles. The summed E-state index contributed by atoms with van der Waals surface area (Å²) in [6, 6.07) is 6.10. The number of carbonyl (C=O) groups excluding carboxylic acids is 1. The van der Waals surface area contributed by atoms with Gasteiger partial charge in [0.05, 0.1) is 11.1 Å². The van der Waals surface area contributed by atoms with Crippen molar-refractivity contribution in [2.45, 2.75) is 6.92 Å². The van der Waals surface area contributed by atoms with Gasteiger partial charge in [0.15, 0.2) is 12.1 Å². The molecule has 0 aliphatic rings. The molecule has 0 aliphatic heterocycles. The normalized spacial score (nSPS) is 10.8. The second-order valence-corrected chi connectivity index (χ2v) is 4.23. The van der Waals surface area contributed by atoms with E-state index in [4.69, 9.17) is 0 Å². The van der Waals surface area contributed by atoms with Crippen LogP contribution < -0.4 is 0 Å². The first-order valence-corrected chi connectivity index (χ1v) is 5.76. The number of aldehydes is 1. The van der Waals surface area contributed by atoms with Crippen LogP contribution in [0.2, 0.25) is 0 Å². The van der Waals surface area contributed by atoms with E-state index in [-0.39, 0.29) is 5.82 Å². The van der Waals surface area contributed by atoms with Crippen molar-refractivity contribution >= 4 is 17.3 Å². The number of hydrogen-bond acceptors (Lipinski definition) is 3. The summed E-state index contributed by atoms with van der Waals surface area (Å²) in [7, 11) is 0. The van der Waals surface area contributed by atoms with E-state index in [0.29, 0.717) is 33.7 Å². The predicted octanol–water partition coefficient (Wildman–Crippen LogP) is 2.88. The van der Waals surface area contributed by atoms with Crippen LogP contribution in [0.25, 0.3) is 22.4 Å². The number of H-pyrrole nitrogens is 1. The highest BCUT2D eigenvalue weighted by Gasteiger charge is 2.11. The Labute approximate surface area is 108 Å². The molecule has 0 bridgehead atoms. The van der Waals surface area contributed by atoms with Crippen LogP contribution in [0.5, 0.6) is 0 Å². The molecule has 2 heterocycles. The van der Waals surface area contributed by atoms with Gasteiger partial charge >= 0.3 is 0 Å². The summed E-state index contributed by atoms with van der Waals surface area (Å²) in [5.74, 6) is 0.0997. The number of fused-ring (bicyclic) bond motifs is 1. The Morgan fingerprint density at radius 3 is 2.89 bits per heavy atom. The molecule has 0 fully saturated rings. The van der Waals surface area contributed by atoms with E-state index in [9.17, 15) is 9.18 Å². The highest BCUT2D eigenvalue weighted by Crippen LogP contribution is 2.23. The Hall–Kier alpha value is -2.56. The van der Waals surface area contributed by atoms with Gasteiger partial charge in [0, 0.05) is 17.3 Å². The Morgan fingerprint density at radius 1 is 1.32 bits per heavy atom. The van der Waals surface area contributed by atoms with Crippen LogP contribution in [0.15, 0.2) is 30.5 Å². The van der Waals surface area contributed by atoms with Gasteiger partial charge in [0.2, 0.25) is 0 Å². The first kappa shape index (κ1) is 11.5. The van der Waals surface area contributed by atoms with Gasteiger partial charge in [0.25, 0.3) is 0 Å². The number of halogens is 1. The first-order valence-electron chi connectivity index (χ1n) is 5.76. The van der Waals surface area contributed by atoms with Crippen molar-refractivity contribution in [1.29, 1.82) is 0 Å². The molecule has 19 heavy (non-hydrogen) atoms. The van der Waals surface area contributed by atoms with Crippen LogP contribution in [0.1, 0.15) is 16.1 Å². The lowest BCUT2D eigenvalue weighted by Crippen LogP contribution is -1.94. The number of aromatic amines is 1. The molecule has 2 aromatic heterocycles. The summed E-state index contributed by atoms with van der Waals surface area (Å²) in [5, 5.41) is 0.704. The van der Waals surface area contributed by atoms with Gasteiger partial charge in [0.1, 0.15) is 11.5 Å². The highest BCUT2D eigenvalue weighted by molar-refractivity contribution is 5.97. The van der Waals surface area contributed by atoms with Crippen LogP contribution in [0.4, 0.5) is 4.39 Å². The lowest BCUT2D eigenvalue weighted by molar-refractivity contribution is 0.112. The van der Waals surface area contributed by atoms with E-state index >= 15 is 0 Å². The molecule has 0 atom stereocenters. The number of nitrogens with zero attached hydrogens (tertiary/aromatic N) is 2. The van der Waals surface area contributed by atoms with Gasteiger partial charge in [-0.15, -0.1) is 0 Å². The molecular weight excluding hydrogens is 245 g/mol. The molecule has 4 nitrogen and oxygen atoms in total. The zero-order chi connectivity index (χ0) is 13.4. The minimum Gasteiger partial charge on any atom is -0.345 e. The minimum atomic E-state index is -0.334. The lowest BCUT2D eigenvalue weighted by Gasteiger charge is -2.03. The molecule has 0 radical (unpaired) electrons. The molecule has 1 aromatic carbocycles. The van der Waals surface area contributed by atoms with E-state index in [2.05, 4.69) is 15.0 Å². The third-order valence-corrected chi connectivity index (χ3v) is 2.95. The Balaban J connectivity index is 2.24. The number of rotatable bonds is 2. The van der Waals surface area contributed by atoms with Gasteiger partial charge in [-0.1, -0.05) is 12.1 Å². The van der Waals surface area contributed by atoms with Crippen molar-refractivity contribution < 1.29 is 9.18 Å². The molecule has 0 saturated heterocycles. The molecule has 0 aliphatic carbocycles. The summed E-state index contributed by atoms with van der Waals surface area (Å²) in [5.41, 5.74) is 2.40. The van der Waals surface area contributed by atoms with E-state index in [0.717, 1.165) is 6.29 Å². The number of hydrogen-bond donors (Lipinski definition) is 1. The van der Waals surface area contributed by atoms with Gasteiger partial charge in [-0.25, -0.2) is 14.4 Å². The van der Waals surface area contributed by atoms with E-state index in [1.165, 1.54) is 12.1 Å². The predicted molar refractivity (Wildman–Crippen MR) is 69.4 cm³/mol. The zero-order valence-electron chi connectivity index (χ0n) is 10.1. The maximum Gasteiger partial charge on any atom is 0.161 e. The molecule has 5 heteroatoms. The molecule has 94 valence electrons. The minimum absolute atomic E-state index is 0.334. The van der Waals surface area contributed by atoms with Crippen LogP contribution in [-0.4, -0.2) is 21.2 Å². The Morgan fingerprint density at radius 2 is 2.16 bits per heavy atom. The smallest absolute Gasteiger partial charge is 0.161 e. The number of carbonyl (C=O) groups is 1. The van der Waals surface area contributed by atoms with Crippen LogP contribution >= 0.6 is 0 Å². The molecule has 0 spiro atoms. The standard InChI is InChI=1S/C14H10FN3O/c1-8-12-10(7-19)6-16-14(12)18-13(17-8)9-3-2-4-11(15)5-9/h2-7H,1H3,(H,16,17,18). The SMILES string of the molecule is Cc1nc(-c2cccc(F)c2)nc2[nH]cc(C=O)c12. The topological polar surface area (TPSA) is 58.6 Å². The molecule has 3 rings (SSSR count). The number of aromatic nitrogens is 3. The van der Waals surface area contributed by atoms with Crippen molar-refractivity contribution in [1.82, 2.24) is 15.0 Å². The van der Waals surface area contributed by atoms with Gasteiger partial charge in [-0.05, 0) is 19.1 Å². The number of nitrogens with one attached hydrogen (secondary N) is 1. The van der Waals surface area contributed by atoms with Crippen molar-refractivity contribution in [2.24, 2.45) is 0 Å². The summed E-state index contributed by atoms with van der Waals surface area (Å²) >= 11 is 0. The molecule has 0 amide bonds. The summed E-state index contributed by atoms with van der Waals surface area (Å²) in [6.45, 7) is 1.80. The Kier molecular flexibility index (Phi) is 2.59. The highest BCUT2D eigenvalue weighted by atomic mass is 19.1. The van der Waals surface area contributed by atoms with Gasteiger partial charge < -0.3 is 4.98 Å². The third kappa shape index (κ3) is 1.89. The second-order valence-electron chi connectivity index (χ2n) is 4.23. The molecular formula is C14H10FN3O. The van der Waals surface area contributed by atoms with Gasteiger partial charge in [-0.2, -0.15) is 0 Å². The average molecular weight is 255 g/mol. The van der Waals surface area contributed by atoms with Crippen molar-refractivity contribution in [3.05, 3.63) is 47.5 Å². The monoisotopic (exact) mass is 255 g/mol. The Bertz CT molecular complexity index is 779. The fourth-order valence-corrected chi connectivity index (χ4v) is 2.09. The molecule has 3 aromatic rings. The van der Waals surface area contributed by atoms with E-state index in [1.807, 2.05) is 0 Å². The maximum absolute atomic E-state index is 13.2. The molecule has 1 N–H and O–H groups in total. The summed E-state index contributed by atoms with van der Waals surface area (Å²) in [4.78, 5) is 22.5. The van der Waals surface area contributed by atoms with Crippen molar-refractivity contribution in [3.8, 4) is 11.4 Å². The third-order valence-electron chi connectivity index (χ3n) is 2.95. The van der Waals surface area contributed by atoms with Crippen LogP contribution in [0, 0.1) is 12.7 Å². The maximum atomic E-state index is 13.2. The summed E-state index contributed by atoms with van der Waals surface area (Å²) < 4.78 is 13.2. The summed E-state index contributed by atoms with van der Waals surface area (Å²) in [6.07, 6.45) is 2.35.